The Labute approximate surface area is 270 Å². The fraction of sp³-hybridized carbons (Fsp3) is 0.333. The van der Waals surface area contributed by atoms with Crippen molar-refractivity contribution in [2.75, 3.05) is 0 Å². The first kappa shape index (κ1) is 32.9. The summed E-state index contributed by atoms with van der Waals surface area (Å²) < 4.78 is 0. The van der Waals surface area contributed by atoms with E-state index in [0.717, 1.165) is 21.9 Å². The Hall–Kier alpha value is -2.43. The van der Waals surface area contributed by atoms with E-state index in [9.17, 15) is 5.02 Å². The molecule has 0 aliphatic carbocycles. The van der Waals surface area contributed by atoms with E-state index >= 15 is 0 Å². The molecule has 0 radical (unpaired) electrons. The van der Waals surface area contributed by atoms with E-state index in [-0.39, 0.29) is 0 Å². The predicted octanol–water partition coefficient (Wildman–Crippen LogP) is 5.39. The molecule has 1 aliphatic rings. The second-order valence-electron chi connectivity index (χ2n) is 14.1. The second-order valence-corrected chi connectivity index (χ2v) is 20.8. The Bertz CT molecular complexity index is 1590. The standard InChI is InChI=1S/C39H50B2OP2/c1-27(2)40(36-23-15-17-25-38(36)43(28(3)4)29(5)6)32-19-11-13-21-34(32)41(42,35-22-14-12-20-33(35)40)37-24-16-18-26-39(37)44(30(7)8)31(9)10/h11-26,28-31,42H,1H2,2-10H3/q-2. The van der Waals surface area contributed by atoms with Crippen LogP contribution in [0.3, 0.4) is 0 Å². The van der Waals surface area contributed by atoms with Crippen molar-refractivity contribution in [1.29, 1.82) is 0 Å². The van der Waals surface area contributed by atoms with Gasteiger partial charge in [0.1, 0.15) is 0 Å². The lowest BCUT2D eigenvalue weighted by molar-refractivity contribution is 0.583. The van der Waals surface area contributed by atoms with Crippen LogP contribution in [-0.2, 0) is 0 Å². The maximum absolute atomic E-state index is 13.6. The van der Waals surface area contributed by atoms with E-state index < -0.39 is 28.3 Å². The van der Waals surface area contributed by atoms with Crippen LogP contribution in [0.4, 0.5) is 0 Å². The van der Waals surface area contributed by atoms with Gasteiger partial charge in [0.15, 0.2) is 6.35 Å². The molecular formula is C39H50B2OP2-2. The van der Waals surface area contributed by atoms with Gasteiger partial charge in [-0.05, 0) is 22.6 Å². The average Bonchev–Trinajstić information content (AvgIpc) is 2.98. The van der Waals surface area contributed by atoms with Gasteiger partial charge in [0, 0.05) is 0 Å². The quantitative estimate of drug-likeness (QED) is 0.197. The maximum atomic E-state index is 13.6. The molecule has 0 saturated carbocycles. The largest absolute Gasteiger partial charge is 0.594 e. The van der Waals surface area contributed by atoms with Gasteiger partial charge in [0.25, 0.3) is 0 Å². The van der Waals surface area contributed by atoms with Crippen molar-refractivity contribution in [1.82, 2.24) is 0 Å². The molecule has 0 atom stereocenters. The molecule has 1 heterocycles. The number of benzene rings is 4. The van der Waals surface area contributed by atoms with Gasteiger partial charge in [-0.2, -0.15) is 10.9 Å². The Balaban J connectivity index is 1.94. The highest BCUT2D eigenvalue weighted by Gasteiger charge is 2.45. The average molecular weight is 618 g/mol. The first-order valence-corrected chi connectivity index (χ1v) is 19.5. The smallest absolute Gasteiger partial charge is 0.190 e. The minimum atomic E-state index is -2.24. The zero-order valence-electron chi connectivity index (χ0n) is 28.3. The highest BCUT2D eigenvalue weighted by Crippen LogP contribution is 2.46. The molecule has 0 spiro atoms. The van der Waals surface area contributed by atoms with Gasteiger partial charge in [-0.25, -0.2) is 27.3 Å². The van der Waals surface area contributed by atoms with E-state index in [1.54, 1.807) is 0 Å². The summed E-state index contributed by atoms with van der Waals surface area (Å²) >= 11 is 0. The molecular weight excluding hydrogens is 568 g/mol. The molecule has 5 rings (SSSR count). The predicted molar refractivity (Wildman–Crippen MR) is 206 cm³/mol. The van der Waals surface area contributed by atoms with Crippen molar-refractivity contribution < 1.29 is 5.02 Å². The minimum Gasteiger partial charge on any atom is -0.594 e. The third-order valence-electron chi connectivity index (χ3n) is 10.1. The van der Waals surface area contributed by atoms with Crippen molar-refractivity contribution in [3.8, 4) is 0 Å². The Morgan fingerprint density at radius 3 is 1.16 bits per heavy atom. The van der Waals surface area contributed by atoms with Crippen molar-refractivity contribution in [2.24, 2.45) is 0 Å². The van der Waals surface area contributed by atoms with Gasteiger partial charge in [-0.1, -0.05) is 186 Å². The van der Waals surface area contributed by atoms with Crippen LogP contribution < -0.4 is 43.4 Å². The molecule has 1 N–H and O–H groups in total. The Kier molecular flexibility index (Phi) is 9.55. The fourth-order valence-corrected chi connectivity index (χ4v) is 15.1. The zero-order chi connectivity index (χ0) is 32.0. The van der Waals surface area contributed by atoms with Crippen LogP contribution in [0.25, 0.3) is 0 Å². The number of hydrogen-bond acceptors (Lipinski definition) is 1. The van der Waals surface area contributed by atoms with Crippen molar-refractivity contribution >= 4 is 71.7 Å². The molecule has 230 valence electrons. The molecule has 0 bridgehead atoms. The number of fused-ring (bicyclic) bond motifs is 2. The van der Waals surface area contributed by atoms with Crippen LogP contribution in [0.2, 0.25) is 0 Å². The lowest BCUT2D eigenvalue weighted by atomic mass is 9.05. The molecule has 0 fully saturated rings. The van der Waals surface area contributed by atoms with Crippen LogP contribution in [-0.4, -0.2) is 40.2 Å². The van der Waals surface area contributed by atoms with Crippen molar-refractivity contribution in [3.05, 3.63) is 109 Å². The lowest BCUT2D eigenvalue weighted by Crippen LogP contribution is -2.89. The zero-order valence-corrected chi connectivity index (χ0v) is 30.0. The van der Waals surface area contributed by atoms with Gasteiger partial charge in [0.05, 0.1) is 6.15 Å². The molecule has 1 nitrogen and oxygen atoms in total. The lowest BCUT2D eigenvalue weighted by Gasteiger charge is -2.60. The first-order valence-electron chi connectivity index (χ1n) is 16.5. The molecule has 4 aromatic carbocycles. The summed E-state index contributed by atoms with van der Waals surface area (Å²) in [6.45, 7) is 25.9. The number of hydrogen-bond donors (Lipinski definition) is 1. The van der Waals surface area contributed by atoms with Gasteiger partial charge in [-0.3, -0.25) is 0 Å². The highest BCUT2D eigenvalue weighted by atomic mass is 31.1. The van der Waals surface area contributed by atoms with Gasteiger partial charge < -0.3 is 5.02 Å². The molecule has 4 aromatic rings. The van der Waals surface area contributed by atoms with Gasteiger partial charge >= 0.3 is 0 Å². The van der Waals surface area contributed by atoms with E-state index in [0.29, 0.717) is 22.6 Å². The molecule has 5 heteroatoms. The van der Waals surface area contributed by atoms with Crippen LogP contribution in [0.1, 0.15) is 62.3 Å². The highest BCUT2D eigenvalue weighted by molar-refractivity contribution is 7.68. The summed E-state index contributed by atoms with van der Waals surface area (Å²) in [7, 11) is -0.924. The Morgan fingerprint density at radius 2 is 0.795 bits per heavy atom. The molecule has 44 heavy (non-hydrogen) atoms. The maximum Gasteiger partial charge on any atom is 0.190 e. The minimum absolute atomic E-state index is 0.431. The normalized spacial score (nSPS) is 19.7. The van der Waals surface area contributed by atoms with Gasteiger partial charge in [0.2, 0.25) is 0 Å². The topological polar surface area (TPSA) is 20.2 Å². The van der Waals surface area contributed by atoms with E-state index in [1.807, 2.05) is 0 Å². The monoisotopic (exact) mass is 618 g/mol. The molecule has 0 unspecified atom stereocenters. The number of allylic oxidation sites excluding steroid dienone is 1. The van der Waals surface area contributed by atoms with Crippen molar-refractivity contribution in [2.45, 2.75) is 84.9 Å². The van der Waals surface area contributed by atoms with Crippen molar-refractivity contribution in [3.63, 3.8) is 0 Å². The van der Waals surface area contributed by atoms with E-state index in [4.69, 9.17) is 6.58 Å². The molecule has 0 saturated heterocycles. The Morgan fingerprint density at radius 1 is 0.500 bits per heavy atom. The summed E-state index contributed by atoms with van der Waals surface area (Å²) in [6.07, 6.45) is -3.83. The summed E-state index contributed by atoms with van der Waals surface area (Å²) in [6, 6.07) is 35.6. The summed E-state index contributed by atoms with van der Waals surface area (Å²) in [4.78, 5) is 0. The second kappa shape index (κ2) is 12.8. The first-order chi connectivity index (χ1) is 20.9. The third-order valence-corrected chi connectivity index (χ3v) is 16.5. The number of rotatable bonds is 9. The van der Waals surface area contributed by atoms with Crippen LogP contribution in [0, 0.1) is 0 Å². The summed E-state index contributed by atoms with van der Waals surface area (Å²) in [5.41, 5.74) is 10.3. The molecule has 1 aliphatic heterocycles. The van der Waals surface area contributed by atoms with Crippen LogP contribution in [0.15, 0.2) is 109 Å². The van der Waals surface area contributed by atoms with Gasteiger partial charge in [-0.15, -0.1) is 6.58 Å². The molecule has 0 amide bonds. The summed E-state index contributed by atoms with van der Waals surface area (Å²) in [5.74, 6) is 0. The van der Waals surface area contributed by atoms with Crippen LogP contribution >= 0.6 is 15.8 Å². The van der Waals surface area contributed by atoms with E-state index in [2.05, 4.69) is 159 Å². The van der Waals surface area contributed by atoms with Crippen LogP contribution in [0.5, 0.6) is 0 Å². The fourth-order valence-electron chi connectivity index (χ4n) is 8.84. The summed E-state index contributed by atoms with van der Waals surface area (Å²) in [5, 5.41) is 16.4. The SMILES string of the molecule is C=C(C)[B-]1(c2ccccc2P(C(C)C)C(C)C)c2ccccc2[B-](O)(c2ccccc2P(C(C)C)C(C)C)c2ccccc21. The molecule has 0 aromatic heterocycles. The third kappa shape index (κ3) is 5.09. The van der Waals surface area contributed by atoms with E-state index in [1.165, 1.54) is 27.0 Å².